The van der Waals surface area contributed by atoms with Crippen molar-refractivity contribution in [3.63, 3.8) is 0 Å². The zero-order chi connectivity index (χ0) is 31.9. The van der Waals surface area contributed by atoms with Crippen LogP contribution in [0, 0.1) is 16.7 Å². The Morgan fingerprint density at radius 2 is 1.75 bits per heavy atom. The minimum Gasteiger partial charge on any atom is -0.559 e. The Bertz CT molecular complexity index is 1490. The van der Waals surface area contributed by atoms with Crippen molar-refractivity contribution in [2.75, 3.05) is 13.2 Å². The molecule has 2 atom stereocenters. The molecule has 5 nitrogen and oxygen atoms in total. The van der Waals surface area contributed by atoms with Gasteiger partial charge in [-0.05, 0) is 68.6 Å². The molecule has 1 saturated carbocycles. The van der Waals surface area contributed by atoms with Crippen molar-refractivity contribution in [2.24, 2.45) is 5.41 Å². The van der Waals surface area contributed by atoms with Gasteiger partial charge in [0.15, 0.2) is 0 Å². The van der Waals surface area contributed by atoms with E-state index < -0.39 is 37.3 Å². The predicted octanol–water partition coefficient (Wildman–Crippen LogP) is 9.40. The van der Waals surface area contributed by atoms with Crippen LogP contribution in [0.5, 0.6) is 0 Å². The van der Waals surface area contributed by atoms with Crippen LogP contribution in [-0.2, 0) is 32.1 Å². The second-order valence-corrected chi connectivity index (χ2v) is 20.2. The summed E-state index contributed by atoms with van der Waals surface area (Å²) in [6, 6.07) is 5.66. The van der Waals surface area contributed by atoms with Crippen molar-refractivity contribution >= 4 is 8.32 Å². The van der Waals surface area contributed by atoms with Gasteiger partial charge >= 0.3 is 6.18 Å². The Labute approximate surface area is 260 Å². The van der Waals surface area contributed by atoms with E-state index in [0.29, 0.717) is 31.6 Å². The minimum absolute atomic E-state index is 0.0230. The lowest BCUT2D eigenvalue weighted by atomic mass is 9.58. The number of nitrogens with zero attached hydrogens (tertiary/aromatic N) is 2. The molecule has 9 heteroatoms. The number of nitriles is 1. The second kappa shape index (κ2) is 10.6. The minimum atomic E-state index is -4.62. The van der Waals surface area contributed by atoms with Gasteiger partial charge in [-0.15, -0.1) is 18.1 Å². The molecule has 2 spiro atoms. The number of hydrogen-bond donors (Lipinski definition) is 0. The van der Waals surface area contributed by atoms with Crippen LogP contribution in [0.15, 0.2) is 18.2 Å². The summed E-state index contributed by atoms with van der Waals surface area (Å²) in [5, 5.41) is 9.76. The third-order valence-corrected chi connectivity index (χ3v) is 15.7. The number of pyridine rings is 1. The molecular formula is C35H45F3N2O3Si-. The first kappa shape index (κ1) is 31.7. The van der Waals surface area contributed by atoms with Crippen molar-refractivity contribution in [1.29, 1.82) is 5.26 Å². The van der Waals surface area contributed by atoms with E-state index in [1.165, 1.54) is 31.4 Å². The molecular weight excluding hydrogens is 581 g/mol. The normalized spacial score (nSPS) is 24.2. The van der Waals surface area contributed by atoms with Gasteiger partial charge in [-0.25, -0.2) is 0 Å². The first-order valence-corrected chi connectivity index (χ1v) is 19.0. The molecule has 0 unspecified atom stereocenters. The summed E-state index contributed by atoms with van der Waals surface area (Å²) in [6.45, 7) is 16.7. The largest absolute Gasteiger partial charge is 0.559 e. The van der Waals surface area contributed by atoms with Crippen molar-refractivity contribution in [2.45, 2.75) is 128 Å². The third kappa shape index (κ3) is 5.14. The maximum Gasteiger partial charge on any atom is 0.417 e. The molecule has 2 aliphatic carbocycles. The highest BCUT2D eigenvalue weighted by Gasteiger charge is 2.54. The fourth-order valence-corrected chi connectivity index (χ4v) is 8.95. The summed E-state index contributed by atoms with van der Waals surface area (Å²) in [6.07, 6.45) is 1.39. The van der Waals surface area contributed by atoms with Crippen LogP contribution < -0.4 is 0 Å². The van der Waals surface area contributed by atoms with E-state index in [1.54, 1.807) is 6.07 Å². The molecule has 1 aromatic carbocycles. The van der Waals surface area contributed by atoms with Gasteiger partial charge in [-0.1, -0.05) is 47.1 Å². The summed E-state index contributed by atoms with van der Waals surface area (Å²) in [7, 11) is -2.19. The molecule has 4 aliphatic rings. The molecule has 2 aromatic rings. The molecule has 0 radical (unpaired) electrons. The summed E-state index contributed by atoms with van der Waals surface area (Å²) in [4.78, 5) is 5.44. The predicted molar refractivity (Wildman–Crippen MR) is 165 cm³/mol. The number of halogens is 3. The smallest absolute Gasteiger partial charge is 0.417 e. The molecule has 0 N–H and O–H groups in total. The summed E-state index contributed by atoms with van der Waals surface area (Å²) in [5.41, 5.74) is 4.07. The Hall–Kier alpha value is -2.25. The standard InChI is InChI=1S/C35H45F3N2O3Si/c1-21(2)30-28-29(27-25(40-30)18-33(11-8-12-33)19-26(27)43-44(6,7)32(3,4)5)34(13-15-41-16-14-34)42-31(28)22-9-10-24(35(36,37)38)23(17-22)20-39/h9-10,17,21,26,31H,8,11-16,18-19H2,1-7H3/q-1/t26-,31+/m0/s1. The van der Waals surface area contributed by atoms with Crippen molar-refractivity contribution in [3.8, 4) is 6.07 Å². The van der Waals surface area contributed by atoms with E-state index in [4.69, 9.17) is 18.9 Å². The van der Waals surface area contributed by atoms with Crippen LogP contribution in [0.4, 0.5) is 13.2 Å². The van der Waals surface area contributed by atoms with Gasteiger partial charge in [-0.2, -0.15) is 18.4 Å². The van der Waals surface area contributed by atoms with E-state index in [-0.39, 0.29) is 22.5 Å². The molecule has 6 rings (SSSR count). The van der Waals surface area contributed by atoms with Gasteiger partial charge in [0.05, 0.1) is 22.8 Å². The lowest BCUT2D eigenvalue weighted by Crippen LogP contribution is -2.47. The number of hydrogen-bond acceptors (Lipinski definition) is 5. The van der Waals surface area contributed by atoms with Crippen LogP contribution in [-0.4, -0.2) is 26.5 Å². The van der Waals surface area contributed by atoms with Gasteiger partial charge in [0.1, 0.15) is 6.10 Å². The van der Waals surface area contributed by atoms with E-state index in [0.717, 1.165) is 47.0 Å². The van der Waals surface area contributed by atoms with Gasteiger partial charge in [0.2, 0.25) is 0 Å². The van der Waals surface area contributed by atoms with E-state index in [9.17, 15) is 18.4 Å². The molecule has 239 valence electrons. The second-order valence-electron chi connectivity index (χ2n) is 15.4. The molecule has 2 fully saturated rings. The Kier molecular flexibility index (Phi) is 7.68. The van der Waals surface area contributed by atoms with Crippen LogP contribution in [0.25, 0.3) is 0 Å². The van der Waals surface area contributed by atoms with Crippen LogP contribution in [0.2, 0.25) is 18.1 Å². The fraction of sp³-hybridized carbons (Fsp3) is 0.657. The quantitative estimate of drug-likeness (QED) is 0.317. The summed E-state index contributed by atoms with van der Waals surface area (Å²) >= 11 is 0. The topological polar surface area (TPSA) is 64.4 Å². The highest BCUT2D eigenvalue weighted by Crippen LogP contribution is 2.61. The molecule has 0 bridgehead atoms. The van der Waals surface area contributed by atoms with Gasteiger partial charge < -0.3 is 13.9 Å². The Balaban J connectivity index is 1.60. The number of aromatic nitrogens is 1. The molecule has 44 heavy (non-hydrogen) atoms. The molecule has 3 heterocycles. The highest BCUT2D eigenvalue weighted by molar-refractivity contribution is 6.74. The summed E-state index contributed by atoms with van der Waals surface area (Å²) in [5.74, 6) is 0.0686. The SMILES string of the molecule is CC(C)c1nc2c(c3c1[C@@H](c1ccc(C(F)(F)F)c(C#N)c1)OC31CCOCC1)[C@@H](O[Si-](C)(C)C(C)(C)C)CC1(CCC1)C2. The maximum absolute atomic E-state index is 13.8. The molecule has 1 saturated heterocycles. The van der Waals surface area contributed by atoms with Crippen LogP contribution in [0.3, 0.4) is 0 Å². The number of rotatable bonds is 4. The van der Waals surface area contributed by atoms with Crippen LogP contribution >= 0.6 is 0 Å². The van der Waals surface area contributed by atoms with Crippen molar-refractivity contribution < 1.29 is 27.1 Å². The maximum atomic E-state index is 13.8. The zero-order valence-electron chi connectivity index (χ0n) is 27.1. The van der Waals surface area contributed by atoms with Crippen molar-refractivity contribution in [1.82, 2.24) is 4.98 Å². The monoisotopic (exact) mass is 626 g/mol. The lowest BCUT2D eigenvalue weighted by Gasteiger charge is -2.56. The van der Waals surface area contributed by atoms with Gasteiger partial charge in [0, 0.05) is 54.7 Å². The van der Waals surface area contributed by atoms with E-state index in [1.807, 2.05) is 0 Å². The van der Waals surface area contributed by atoms with E-state index in [2.05, 4.69) is 47.7 Å². The Morgan fingerprint density at radius 3 is 2.30 bits per heavy atom. The molecule has 1 aromatic heterocycles. The highest BCUT2D eigenvalue weighted by atomic mass is 28.4. The van der Waals surface area contributed by atoms with Crippen molar-refractivity contribution in [3.05, 3.63) is 63.0 Å². The fourth-order valence-electron chi connectivity index (χ4n) is 7.69. The van der Waals surface area contributed by atoms with Gasteiger partial charge in [-0.3, -0.25) is 4.98 Å². The lowest BCUT2D eigenvalue weighted by molar-refractivity contribution is -0.138. The average molecular weight is 627 g/mol. The zero-order valence-corrected chi connectivity index (χ0v) is 28.1. The average Bonchev–Trinajstić information content (AvgIpc) is 3.24. The number of ether oxygens (including phenoxy) is 2. The number of benzene rings is 1. The number of fused-ring (bicyclic) bond motifs is 4. The summed E-state index contributed by atoms with van der Waals surface area (Å²) < 4.78 is 61.6. The molecule has 0 amide bonds. The first-order valence-electron chi connectivity index (χ1n) is 16.1. The number of alkyl halides is 3. The van der Waals surface area contributed by atoms with Crippen LogP contribution in [0.1, 0.15) is 136 Å². The third-order valence-electron chi connectivity index (χ3n) is 11.2. The van der Waals surface area contributed by atoms with Gasteiger partial charge in [0.25, 0.3) is 0 Å². The van der Waals surface area contributed by atoms with E-state index >= 15 is 0 Å². The Morgan fingerprint density at radius 1 is 1.07 bits per heavy atom. The molecule has 2 aliphatic heterocycles. The first-order chi connectivity index (χ1) is 20.5.